The van der Waals surface area contributed by atoms with E-state index in [1.807, 2.05) is 18.2 Å². The van der Waals surface area contributed by atoms with E-state index in [2.05, 4.69) is 9.46 Å². The number of carbonyl (C=O) groups is 1. The molecular formula is C18H21NO5S. The molecule has 25 heavy (non-hydrogen) atoms. The van der Waals surface area contributed by atoms with Crippen molar-refractivity contribution in [3.8, 4) is 5.75 Å². The quantitative estimate of drug-likeness (QED) is 0.765. The first kappa shape index (κ1) is 19.0. The summed E-state index contributed by atoms with van der Waals surface area (Å²) in [5.74, 6) is 0.0897. The molecular weight excluding hydrogens is 342 g/mol. The van der Waals surface area contributed by atoms with E-state index in [9.17, 15) is 13.2 Å². The van der Waals surface area contributed by atoms with Crippen molar-refractivity contribution in [1.82, 2.24) is 4.72 Å². The SMILES string of the molecule is COC(=O)c1cc(S(=O)(=O)N[C@H](C)COc2ccccc2)ccc1C. The normalized spacial score (nSPS) is 12.4. The van der Waals surface area contributed by atoms with Crippen LogP contribution in [0, 0.1) is 6.92 Å². The number of ether oxygens (including phenoxy) is 2. The number of benzene rings is 2. The highest BCUT2D eigenvalue weighted by Crippen LogP contribution is 2.17. The van der Waals surface area contributed by atoms with Crippen molar-refractivity contribution in [2.24, 2.45) is 0 Å². The lowest BCUT2D eigenvalue weighted by atomic mass is 10.1. The Morgan fingerprint density at radius 3 is 2.48 bits per heavy atom. The third-order valence-electron chi connectivity index (χ3n) is 3.52. The number of aryl methyl sites for hydroxylation is 1. The smallest absolute Gasteiger partial charge is 0.338 e. The number of para-hydroxylation sites is 1. The van der Waals surface area contributed by atoms with Crippen LogP contribution < -0.4 is 9.46 Å². The Balaban J connectivity index is 2.09. The van der Waals surface area contributed by atoms with Crippen molar-refractivity contribution >= 4 is 16.0 Å². The van der Waals surface area contributed by atoms with Crippen molar-refractivity contribution < 1.29 is 22.7 Å². The van der Waals surface area contributed by atoms with Gasteiger partial charge in [0.05, 0.1) is 23.6 Å². The molecule has 2 aromatic rings. The molecule has 0 bridgehead atoms. The molecule has 0 amide bonds. The van der Waals surface area contributed by atoms with Gasteiger partial charge in [-0.25, -0.2) is 17.9 Å². The van der Waals surface area contributed by atoms with E-state index in [-0.39, 0.29) is 17.1 Å². The van der Waals surface area contributed by atoms with Crippen LogP contribution in [0.5, 0.6) is 5.75 Å². The van der Waals surface area contributed by atoms with Crippen LogP contribution in [0.1, 0.15) is 22.8 Å². The Labute approximate surface area is 147 Å². The summed E-state index contributed by atoms with van der Waals surface area (Å²) < 4.78 is 37.8. The van der Waals surface area contributed by atoms with E-state index < -0.39 is 22.0 Å². The fourth-order valence-corrected chi connectivity index (χ4v) is 3.46. The second-order valence-corrected chi connectivity index (χ2v) is 7.33. The van der Waals surface area contributed by atoms with E-state index in [4.69, 9.17) is 4.74 Å². The van der Waals surface area contributed by atoms with Gasteiger partial charge in [-0.1, -0.05) is 24.3 Å². The van der Waals surface area contributed by atoms with Gasteiger partial charge in [-0.3, -0.25) is 0 Å². The summed E-state index contributed by atoms with van der Waals surface area (Å²) in [5.41, 5.74) is 0.866. The summed E-state index contributed by atoms with van der Waals surface area (Å²) >= 11 is 0. The average Bonchev–Trinajstić information content (AvgIpc) is 2.60. The van der Waals surface area contributed by atoms with Crippen molar-refractivity contribution in [3.63, 3.8) is 0 Å². The zero-order valence-corrected chi connectivity index (χ0v) is 15.2. The minimum atomic E-state index is -3.78. The fraction of sp³-hybridized carbons (Fsp3) is 0.278. The van der Waals surface area contributed by atoms with E-state index in [0.717, 1.165) is 0 Å². The van der Waals surface area contributed by atoms with Crippen LogP contribution in [0.25, 0.3) is 0 Å². The van der Waals surface area contributed by atoms with Crippen molar-refractivity contribution in [3.05, 3.63) is 59.7 Å². The monoisotopic (exact) mass is 363 g/mol. The molecule has 7 heteroatoms. The molecule has 2 aromatic carbocycles. The first-order chi connectivity index (χ1) is 11.8. The molecule has 2 rings (SSSR count). The second kappa shape index (κ2) is 8.13. The zero-order chi connectivity index (χ0) is 18.4. The van der Waals surface area contributed by atoms with Crippen LogP contribution in [0.4, 0.5) is 0 Å². The van der Waals surface area contributed by atoms with E-state index in [1.165, 1.54) is 19.2 Å². The number of rotatable bonds is 7. The third kappa shape index (κ3) is 5.04. The van der Waals surface area contributed by atoms with E-state index in [1.54, 1.807) is 32.0 Å². The van der Waals surface area contributed by atoms with Gasteiger partial charge < -0.3 is 9.47 Å². The van der Waals surface area contributed by atoms with Crippen LogP contribution >= 0.6 is 0 Å². The van der Waals surface area contributed by atoms with E-state index >= 15 is 0 Å². The molecule has 1 N–H and O–H groups in total. The Morgan fingerprint density at radius 2 is 1.84 bits per heavy atom. The van der Waals surface area contributed by atoms with Gasteiger partial charge in [0.15, 0.2) is 0 Å². The molecule has 1 atom stereocenters. The number of hydrogen-bond donors (Lipinski definition) is 1. The van der Waals surface area contributed by atoms with Crippen molar-refractivity contribution in [2.45, 2.75) is 24.8 Å². The second-order valence-electron chi connectivity index (χ2n) is 5.61. The molecule has 0 radical (unpaired) electrons. The third-order valence-corrected chi connectivity index (χ3v) is 5.11. The van der Waals surface area contributed by atoms with Gasteiger partial charge in [0.25, 0.3) is 0 Å². The Bertz CT molecular complexity index is 834. The molecule has 0 aliphatic heterocycles. The maximum atomic E-state index is 12.5. The summed E-state index contributed by atoms with van der Waals surface area (Å²) in [6.07, 6.45) is 0. The molecule has 134 valence electrons. The Morgan fingerprint density at radius 1 is 1.16 bits per heavy atom. The molecule has 0 aromatic heterocycles. The standard InChI is InChI=1S/C18H21NO5S/c1-13-9-10-16(11-17(13)18(20)23-3)25(21,22)19-14(2)12-24-15-7-5-4-6-8-15/h4-11,14,19H,12H2,1-3H3/t14-/m1/s1. The molecule has 0 fully saturated rings. The van der Waals surface area contributed by atoms with Crippen molar-refractivity contribution in [2.75, 3.05) is 13.7 Å². The lowest BCUT2D eigenvalue weighted by Crippen LogP contribution is -2.36. The summed E-state index contributed by atoms with van der Waals surface area (Å²) in [6.45, 7) is 3.60. The number of esters is 1. The highest BCUT2D eigenvalue weighted by Gasteiger charge is 2.20. The predicted molar refractivity (Wildman–Crippen MR) is 94.2 cm³/mol. The van der Waals surface area contributed by atoms with Gasteiger partial charge in [-0.05, 0) is 43.7 Å². The molecule has 0 spiro atoms. The lowest BCUT2D eigenvalue weighted by Gasteiger charge is -2.16. The summed E-state index contributed by atoms with van der Waals surface area (Å²) in [6, 6.07) is 13.0. The molecule has 0 unspecified atom stereocenters. The first-order valence-corrected chi connectivity index (χ1v) is 9.21. The Hall–Kier alpha value is -2.38. The van der Waals surface area contributed by atoms with Crippen LogP contribution in [-0.2, 0) is 14.8 Å². The maximum Gasteiger partial charge on any atom is 0.338 e. The van der Waals surface area contributed by atoms with Gasteiger partial charge in [0.1, 0.15) is 12.4 Å². The lowest BCUT2D eigenvalue weighted by molar-refractivity contribution is 0.0599. The minimum Gasteiger partial charge on any atom is -0.492 e. The van der Waals surface area contributed by atoms with Crippen LogP contribution in [0.15, 0.2) is 53.4 Å². The van der Waals surface area contributed by atoms with Gasteiger partial charge in [-0.2, -0.15) is 0 Å². The predicted octanol–water partition coefficient (Wildman–Crippen LogP) is 2.53. The van der Waals surface area contributed by atoms with Crippen LogP contribution in [0.2, 0.25) is 0 Å². The van der Waals surface area contributed by atoms with Crippen LogP contribution in [-0.4, -0.2) is 34.1 Å². The highest BCUT2D eigenvalue weighted by atomic mass is 32.2. The number of sulfonamides is 1. The number of methoxy groups -OCH3 is 1. The summed E-state index contributed by atoms with van der Waals surface area (Å²) in [4.78, 5) is 11.7. The summed E-state index contributed by atoms with van der Waals surface area (Å²) in [5, 5.41) is 0. The topological polar surface area (TPSA) is 81.7 Å². The first-order valence-electron chi connectivity index (χ1n) is 7.72. The molecule has 0 saturated carbocycles. The molecule has 0 saturated heterocycles. The minimum absolute atomic E-state index is 0.00469. The average molecular weight is 363 g/mol. The highest BCUT2D eigenvalue weighted by molar-refractivity contribution is 7.89. The molecule has 0 aliphatic carbocycles. The molecule has 0 heterocycles. The van der Waals surface area contributed by atoms with Gasteiger partial charge in [-0.15, -0.1) is 0 Å². The number of hydrogen-bond acceptors (Lipinski definition) is 5. The van der Waals surface area contributed by atoms with Crippen molar-refractivity contribution in [1.29, 1.82) is 0 Å². The number of nitrogens with one attached hydrogen (secondary N) is 1. The van der Waals surface area contributed by atoms with Crippen LogP contribution in [0.3, 0.4) is 0 Å². The summed E-state index contributed by atoms with van der Waals surface area (Å²) in [7, 11) is -2.53. The van der Waals surface area contributed by atoms with E-state index in [0.29, 0.717) is 11.3 Å². The zero-order valence-electron chi connectivity index (χ0n) is 14.4. The Kier molecular flexibility index (Phi) is 6.17. The fourth-order valence-electron chi connectivity index (χ4n) is 2.20. The molecule has 0 aliphatic rings. The van der Waals surface area contributed by atoms with Gasteiger partial charge in [0.2, 0.25) is 10.0 Å². The van der Waals surface area contributed by atoms with Gasteiger partial charge >= 0.3 is 5.97 Å². The maximum absolute atomic E-state index is 12.5. The number of carbonyl (C=O) groups excluding carboxylic acids is 1. The van der Waals surface area contributed by atoms with Gasteiger partial charge in [0, 0.05) is 0 Å². The largest absolute Gasteiger partial charge is 0.492 e. The molecule has 6 nitrogen and oxygen atoms in total.